The highest BCUT2D eigenvalue weighted by Crippen LogP contribution is 2.17. The predicted molar refractivity (Wildman–Crippen MR) is 167 cm³/mol. The van der Waals surface area contributed by atoms with Gasteiger partial charge < -0.3 is 5.73 Å². The molecule has 0 aliphatic heterocycles. The Bertz CT molecular complexity index is 1300. The minimum Gasteiger partial charge on any atom is -0.398 e. The molecule has 4 heteroatoms. The van der Waals surface area contributed by atoms with E-state index in [-0.39, 0.29) is 0 Å². The molecule has 4 rings (SSSR count). The lowest BCUT2D eigenvalue weighted by molar-refractivity contribution is -0.118. The van der Waals surface area contributed by atoms with Crippen LogP contribution in [0.2, 0.25) is 0 Å². The average Bonchev–Trinajstić information content (AvgIpc) is 2.99. The van der Waals surface area contributed by atoms with Crippen molar-refractivity contribution in [3.05, 3.63) is 137 Å². The fourth-order valence-electron chi connectivity index (χ4n) is 4.06. The van der Waals surface area contributed by atoms with Crippen molar-refractivity contribution in [2.24, 2.45) is 4.99 Å². The first-order valence-corrected chi connectivity index (χ1v) is 14.1. The SMILES string of the molecule is CCCCC(=O)Cc1ccccc1Cc1ccccc1.CCCN=C=O.Nc1ccccc1Cc1ccccc1. The summed E-state index contributed by atoms with van der Waals surface area (Å²) in [6, 6.07) is 37.1. The van der Waals surface area contributed by atoms with E-state index in [0.717, 1.165) is 37.8 Å². The zero-order chi connectivity index (χ0) is 28.8. The third kappa shape index (κ3) is 13.0. The van der Waals surface area contributed by atoms with E-state index < -0.39 is 0 Å². The average molecular weight is 535 g/mol. The molecule has 0 heterocycles. The number of isocyanates is 1. The fraction of sp³-hybridized carbons (Fsp3) is 0.278. The Kier molecular flexibility index (Phi) is 15.8. The highest BCUT2D eigenvalue weighted by Gasteiger charge is 2.08. The molecule has 4 nitrogen and oxygen atoms in total. The summed E-state index contributed by atoms with van der Waals surface area (Å²) in [5.41, 5.74) is 13.0. The zero-order valence-corrected chi connectivity index (χ0v) is 23.9. The minimum atomic E-state index is 0.354. The van der Waals surface area contributed by atoms with Gasteiger partial charge in [-0.2, -0.15) is 0 Å². The van der Waals surface area contributed by atoms with Crippen molar-refractivity contribution in [2.75, 3.05) is 12.3 Å². The smallest absolute Gasteiger partial charge is 0.234 e. The van der Waals surface area contributed by atoms with Crippen molar-refractivity contribution in [3.8, 4) is 0 Å². The monoisotopic (exact) mass is 534 g/mol. The molecule has 4 aromatic rings. The summed E-state index contributed by atoms with van der Waals surface area (Å²) in [6.45, 7) is 4.70. The van der Waals surface area contributed by atoms with Crippen LogP contribution in [-0.4, -0.2) is 18.4 Å². The van der Waals surface area contributed by atoms with E-state index in [4.69, 9.17) is 5.73 Å². The lowest BCUT2D eigenvalue weighted by Crippen LogP contribution is -2.05. The van der Waals surface area contributed by atoms with Gasteiger partial charge >= 0.3 is 0 Å². The van der Waals surface area contributed by atoms with Crippen LogP contribution in [0.1, 0.15) is 67.3 Å². The van der Waals surface area contributed by atoms with Crippen molar-refractivity contribution in [1.82, 2.24) is 0 Å². The van der Waals surface area contributed by atoms with Crippen LogP contribution in [0.3, 0.4) is 0 Å². The summed E-state index contributed by atoms with van der Waals surface area (Å²) in [5, 5.41) is 0. The molecule has 208 valence electrons. The largest absolute Gasteiger partial charge is 0.398 e. The maximum absolute atomic E-state index is 12.0. The number of benzene rings is 4. The van der Waals surface area contributed by atoms with E-state index in [0.29, 0.717) is 25.2 Å². The molecule has 0 atom stereocenters. The third-order valence-electron chi connectivity index (χ3n) is 6.25. The predicted octanol–water partition coefficient (Wildman–Crippen LogP) is 8.17. The summed E-state index contributed by atoms with van der Waals surface area (Å²) < 4.78 is 0. The van der Waals surface area contributed by atoms with Crippen LogP contribution in [0.25, 0.3) is 0 Å². The van der Waals surface area contributed by atoms with Gasteiger partial charge in [-0.25, -0.2) is 9.79 Å². The number of hydrogen-bond acceptors (Lipinski definition) is 4. The molecule has 0 unspecified atom stereocenters. The highest BCUT2D eigenvalue weighted by atomic mass is 16.1. The van der Waals surface area contributed by atoms with Gasteiger partial charge in [0, 0.05) is 18.5 Å². The van der Waals surface area contributed by atoms with Gasteiger partial charge in [-0.3, -0.25) is 4.79 Å². The number of rotatable bonds is 11. The number of carbonyl (C=O) groups excluding carboxylic acids is 2. The summed E-state index contributed by atoms with van der Waals surface area (Å²) in [5.74, 6) is 0.354. The fourth-order valence-corrected chi connectivity index (χ4v) is 4.06. The minimum absolute atomic E-state index is 0.354. The number of anilines is 1. The molecule has 2 N–H and O–H groups in total. The Balaban J connectivity index is 0.000000242. The number of Topliss-reactive ketones (excluding diaryl/α,β-unsaturated/α-hetero) is 1. The quantitative estimate of drug-likeness (QED) is 0.120. The van der Waals surface area contributed by atoms with E-state index in [1.54, 1.807) is 0 Å². The molecule has 0 saturated carbocycles. The molecule has 0 spiro atoms. The number of para-hydroxylation sites is 1. The van der Waals surface area contributed by atoms with Crippen LogP contribution in [0.15, 0.2) is 114 Å². The van der Waals surface area contributed by atoms with Gasteiger partial charge in [0.15, 0.2) is 0 Å². The molecule has 0 saturated heterocycles. The van der Waals surface area contributed by atoms with E-state index >= 15 is 0 Å². The maximum Gasteiger partial charge on any atom is 0.234 e. The second-order valence-corrected chi connectivity index (χ2v) is 9.58. The summed E-state index contributed by atoms with van der Waals surface area (Å²) >= 11 is 0. The molecule has 0 bridgehead atoms. The van der Waals surface area contributed by atoms with Gasteiger partial charge in [0.25, 0.3) is 0 Å². The molecule has 0 aliphatic rings. The van der Waals surface area contributed by atoms with Gasteiger partial charge in [-0.15, -0.1) is 0 Å². The van der Waals surface area contributed by atoms with E-state index in [1.807, 2.05) is 43.3 Å². The van der Waals surface area contributed by atoms with Crippen molar-refractivity contribution in [2.45, 2.75) is 58.8 Å². The summed E-state index contributed by atoms with van der Waals surface area (Å²) in [6.07, 6.45) is 7.54. The first-order valence-electron chi connectivity index (χ1n) is 14.1. The summed E-state index contributed by atoms with van der Waals surface area (Å²) in [4.78, 5) is 24.5. The van der Waals surface area contributed by atoms with E-state index in [1.165, 1.54) is 33.9 Å². The second-order valence-electron chi connectivity index (χ2n) is 9.58. The third-order valence-corrected chi connectivity index (χ3v) is 6.25. The number of carbonyl (C=O) groups is 1. The van der Waals surface area contributed by atoms with E-state index in [9.17, 15) is 9.59 Å². The van der Waals surface area contributed by atoms with Crippen LogP contribution in [0.5, 0.6) is 0 Å². The lowest BCUT2D eigenvalue weighted by Gasteiger charge is -2.09. The molecule has 40 heavy (non-hydrogen) atoms. The van der Waals surface area contributed by atoms with Crippen LogP contribution in [0.4, 0.5) is 5.69 Å². The number of unbranched alkanes of at least 4 members (excludes halogenated alkanes) is 1. The molecule has 0 radical (unpaired) electrons. The van der Waals surface area contributed by atoms with Gasteiger partial charge in [-0.05, 0) is 59.6 Å². The van der Waals surface area contributed by atoms with Crippen molar-refractivity contribution in [1.29, 1.82) is 0 Å². The Hall–Kier alpha value is -4.27. The molecular weight excluding hydrogens is 492 g/mol. The van der Waals surface area contributed by atoms with Crippen molar-refractivity contribution >= 4 is 17.6 Å². The molecule has 0 aliphatic carbocycles. The lowest BCUT2D eigenvalue weighted by atomic mass is 9.95. The number of aliphatic imine (C=N–C) groups is 1. The Morgan fingerprint density at radius 2 is 1.18 bits per heavy atom. The second kappa shape index (κ2) is 19.7. The molecule has 0 aromatic heterocycles. The number of hydrogen-bond donors (Lipinski definition) is 1. The number of nitrogens with zero attached hydrogens (tertiary/aromatic N) is 1. The van der Waals surface area contributed by atoms with Gasteiger partial charge in [-0.1, -0.05) is 123 Å². The van der Waals surface area contributed by atoms with Crippen molar-refractivity contribution in [3.63, 3.8) is 0 Å². The normalized spacial score (nSPS) is 9.75. The number of ketones is 1. The van der Waals surface area contributed by atoms with Gasteiger partial charge in [0.05, 0.1) is 6.54 Å². The zero-order valence-electron chi connectivity index (χ0n) is 23.9. The number of nitrogen functional groups attached to an aromatic ring is 1. The molecule has 4 aromatic carbocycles. The van der Waals surface area contributed by atoms with Crippen LogP contribution in [0, 0.1) is 0 Å². The topological polar surface area (TPSA) is 72.5 Å². The number of nitrogens with two attached hydrogens (primary N) is 1. The Morgan fingerprint density at radius 1 is 0.675 bits per heavy atom. The first-order chi connectivity index (χ1) is 19.6. The molecule has 0 amide bonds. The van der Waals surface area contributed by atoms with Gasteiger partial charge in [0.1, 0.15) is 5.78 Å². The standard InChI is InChI=1S/C19H22O.C13H13N.C4H7NO/c1-2-3-13-19(20)15-18-12-8-7-11-17(18)14-16-9-5-4-6-10-16;14-13-9-5-4-8-12(13)10-11-6-2-1-3-7-11;1-2-3-5-4-6/h4-12H,2-3,13-15H2,1H3;1-9H,10,14H2;2-3H2,1H3. The van der Waals surface area contributed by atoms with Crippen LogP contribution < -0.4 is 5.73 Å². The van der Waals surface area contributed by atoms with E-state index in [2.05, 4.69) is 84.7 Å². The Labute approximate surface area is 240 Å². The van der Waals surface area contributed by atoms with Crippen LogP contribution in [-0.2, 0) is 28.9 Å². The van der Waals surface area contributed by atoms with Gasteiger partial charge in [0.2, 0.25) is 6.08 Å². The first kappa shape index (κ1) is 31.9. The summed E-state index contributed by atoms with van der Waals surface area (Å²) in [7, 11) is 0. The Morgan fingerprint density at radius 3 is 1.68 bits per heavy atom. The highest BCUT2D eigenvalue weighted by molar-refractivity contribution is 5.81. The molecular formula is C36H42N2O2. The van der Waals surface area contributed by atoms with Crippen LogP contribution >= 0.6 is 0 Å². The molecule has 0 fully saturated rings. The van der Waals surface area contributed by atoms with Crippen molar-refractivity contribution < 1.29 is 9.59 Å². The maximum atomic E-state index is 12.0.